The predicted molar refractivity (Wildman–Crippen MR) is 68.9 cm³/mol. The topological polar surface area (TPSA) is 72.5 Å². The largest absolute Gasteiger partial charge is 0.492 e. The van der Waals surface area contributed by atoms with Crippen LogP contribution in [0.2, 0.25) is 0 Å². The van der Waals surface area contributed by atoms with Gasteiger partial charge >= 0.3 is 0 Å². The molecule has 3 N–H and O–H groups in total. The number of ketones is 1. The Morgan fingerprint density at radius 1 is 1.35 bits per heavy atom. The molecule has 0 atom stereocenters. The predicted octanol–water partition coefficient (Wildman–Crippen LogP) is 1.40. The van der Waals surface area contributed by atoms with E-state index in [1.807, 2.05) is 0 Å². The van der Waals surface area contributed by atoms with Crippen molar-refractivity contribution >= 4 is 18.2 Å². The second-order valence-electron chi connectivity index (χ2n) is 4.05. The monoisotopic (exact) mass is 259 g/mol. The van der Waals surface area contributed by atoms with Gasteiger partial charge in [-0.1, -0.05) is 0 Å². The zero-order valence-electron chi connectivity index (χ0n) is 9.97. The van der Waals surface area contributed by atoms with Crippen LogP contribution in [0.3, 0.4) is 0 Å². The van der Waals surface area contributed by atoms with Gasteiger partial charge in [-0.05, 0) is 38.1 Å². The molecule has 17 heavy (non-hydrogen) atoms. The normalized spacial score (nSPS) is 10.6. The molecule has 1 rings (SSSR count). The van der Waals surface area contributed by atoms with Gasteiger partial charge < -0.3 is 15.6 Å². The molecule has 1 aromatic rings. The quantitative estimate of drug-likeness (QED) is 0.784. The summed E-state index contributed by atoms with van der Waals surface area (Å²) in [5.74, 6) is 0.357. The number of carbonyl (C=O) groups excluding carboxylic acids is 1. The second kappa shape index (κ2) is 6.59. The molecule has 0 saturated carbocycles. The van der Waals surface area contributed by atoms with E-state index in [9.17, 15) is 9.90 Å². The van der Waals surface area contributed by atoms with E-state index in [4.69, 9.17) is 10.5 Å². The first-order valence-corrected chi connectivity index (χ1v) is 5.15. The minimum Gasteiger partial charge on any atom is -0.492 e. The molecule has 0 aromatic heterocycles. The van der Waals surface area contributed by atoms with Crippen LogP contribution in [0.15, 0.2) is 24.3 Å². The number of Topliss-reactive ketones (excluding diaryl/α,β-unsaturated/α-hetero) is 1. The lowest BCUT2D eigenvalue weighted by Gasteiger charge is -2.15. The van der Waals surface area contributed by atoms with Crippen molar-refractivity contribution in [2.45, 2.75) is 19.4 Å². The first kappa shape index (κ1) is 15.9. The highest BCUT2D eigenvalue weighted by Crippen LogP contribution is 2.16. The van der Waals surface area contributed by atoms with Crippen LogP contribution in [0, 0.1) is 0 Å². The lowest BCUT2D eigenvalue weighted by atomic mass is 9.97. The van der Waals surface area contributed by atoms with Gasteiger partial charge in [-0.3, -0.25) is 4.79 Å². The third-order valence-corrected chi connectivity index (χ3v) is 2.06. The van der Waals surface area contributed by atoms with Crippen molar-refractivity contribution < 1.29 is 14.6 Å². The molecule has 0 unspecified atom stereocenters. The lowest BCUT2D eigenvalue weighted by Crippen LogP contribution is -2.30. The van der Waals surface area contributed by atoms with E-state index < -0.39 is 5.60 Å². The number of rotatable bonds is 5. The maximum absolute atomic E-state index is 11.7. The second-order valence-corrected chi connectivity index (χ2v) is 4.05. The molecule has 1 aromatic carbocycles. The van der Waals surface area contributed by atoms with E-state index in [0.29, 0.717) is 24.5 Å². The van der Waals surface area contributed by atoms with E-state index in [1.165, 1.54) is 13.8 Å². The summed E-state index contributed by atoms with van der Waals surface area (Å²) in [5, 5.41) is 9.55. The van der Waals surface area contributed by atoms with E-state index in [-0.39, 0.29) is 18.2 Å². The highest BCUT2D eigenvalue weighted by atomic mass is 35.5. The zero-order valence-corrected chi connectivity index (χ0v) is 10.8. The van der Waals surface area contributed by atoms with Crippen molar-refractivity contribution in [1.29, 1.82) is 0 Å². The number of hydrogen-bond donors (Lipinski definition) is 2. The van der Waals surface area contributed by atoms with E-state index in [0.717, 1.165) is 0 Å². The van der Waals surface area contributed by atoms with Gasteiger partial charge in [0.15, 0.2) is 5.78 Å². The molecule has 0 heterocycles. The van der Waals surface area contributed by atoms with Gasteiger partial charge in [0.1, 0.15) is 18.0 Å². The Morgan fingerprint density at radius 2 is 1.88 bits per heavy atom. The maximum Gasteiger partial charge on any atom is 0.193 e. The van der Waals surface area contributed by atoms with Gasteiger partial charge in [-0.25, -0.2) is 0 Å². The molecule has 0 aliphatic rings. The van der Waals surface area contributed by atoms with Crippen molar-refractivity contribution in [3.63, 3.8) is 0 Å². The summed E-state index contributed by atoms with van der Waals surface area (Å²) in [6.07, 6.45) is 0. The average molecular weight is 260 g/mol. The Bertz CT molecular complexity index is 357. The molecule has 0 spiro atoms. The minimum atomic E-state index is -1.35. The average Bonchev–Trinajstić information content (AvgIpc) is 2.25. The third-order valence-electron chi connectivity index (χ3n) is 2.06. The van der Waals surface area contributed by atoms with Gasteiger partial charge in [0.2, 0.25) is 0 Å². The molecule has 96 valence electrons. The molecule has 0 fully saturated rings. The van der Waals surface area contributed by atoms with Crippen molar-refractivity contribution in [1.82, 2.24) is 0 Å². The summed E-state index contributed by atoms with van der Waals surface area (Å²) in [5.41, 5.74) is 4.42. The molecule has 0 radical (unpaired) electrons. The van der Waals surface area contributed by atoms with Crippen LogP contribution in [0.25, 0.3) is 0 Å². The molecule has 0 aliphatic heterocycles. The number of nitrogens with two attached hydrogens (primary N) is 1. The SMILES string of the molecule is CC(C)(O)C(=O)c1ccc(OCCN)cc1.Cl. The Balaban J connectivity index is 0.00000256. The maximum atomic E-state index is 11.7. The summed E-state index contributed by atoms with van der Waals surface area (Å²) < 4.78 is 5.28. The van der Waals surface area contributed by atoms with Gasteiger partial charge in [-0.2, -0.15) is 0 Å². The lowest BCUT2D eigenvalue weighted by molar-refractivity contribution is 0.0488. The summed E-state index contributed by atoms with van der Waals surface area (Å²) >= 11 is 0. The van der Waals surface area contributed by atoms with E-state index in [2.05, 4.69) is 0 Å². The van der Waals surface area contributed by atoms with Gasteiger partial charge in [0.05, 0.1) is 0 Å². The highest BCUT2D eigenvalue weighted by Gasteiger charge is 2.24. The molecule has 0 aliphatic carbocycles. The van der Waals surface area contributed by atoms with Gasteiger partial charge in [0, 0.05) is 12.1 Å². The van der Waals surface area contributed by atoms with Crippen LogP contribution in [0.5, 0.6) is 5.75 Å². The highest BCUT2D eigenvalue weighted by molar-refractivity contribution is 6.01. The summed E-state index contributed by atoms with van der Waals surface area (Å²) in [6, 6.07) is 6.64. The number of carbonyl (C=O) groups is 1. The molecular formula is C12H18ClNO3. The van der Waals surface area contributed by atoms with Crippen LogP contribution in [-0.4, -0.2) is 29.6 Å². The summed E-state index contributed by atoms with van der Waals surface area (Å²) in [4.78, 5) is 11.7. The number of hydrogen-bond acceptors (Lipinski definition) is 4. The molecule has 0 amide bonds. The van der Waals surface area contributed by atoms with Gasteiger partial charge in [-0.15, -0.1) is 12.4 Å². The van der Waals surface area contributed by atoms with Crippen LogP contribution in [0.4, 0.5) is 0 Å². The fraction of sp³-hybridized carbons (Fsp3) is 0.417. The molecule has 0 saturated heterocycles. The standard InChI is InChI=1S/C12H17NO3.ClH/c1-12(2,15)11(14)9-3-5-10(6-4-9)16-8-7-13;/h3-6,15H,7-8,13H2,1-2H3;1H. The molecule has 5 heteroatoms. The van der Waals surface area contributed by atoms with Crippen LogP contribution >= 0.6 is 12.4 Å². The van der Waals surface area contributed by atoms with Crippen molar-refractivity contribution in [2.75, 3.05) is 13.2 Å². The minimum absolute atomic E-state index is 0. The number of benzene rings is 1. The van der Waals surface area contributed by atoms with Crippen LogP contribution in [0.1, 0.15) is 24.2 Å². The Kier molecular flexibility index (Phi) is 6.16. The van der Waals surface area contributed by atoms with Crippen molar-refractivity contribution in [3.8, 4) is 5.75 Å². The van der Waals surface area contributed by atoms with E-state index >= 15 is 0 Å². The molecule has 4 nitrogen and oxygen atoms in total. The van der Waals surface area contributed by atoms with Crippen LogP contribution < -0.4 is 10.5 Å². The first-order valence-electron chi connectivity index (χ1n) is 5.15. The Labute approximate surface area is 107 Å². The fourth-order valence-corrected chi connectivity index (χ4v) is 1.23. The summed E-state index contributed by atoms with van der Waals surface area (Å²) in [6.45, 7) is 3.82. The number of aliphatic hydroxyl groups is 1. The van der Waals surface area contributed by atoms with Crippen molar-refractivity contribution in [2.24, 2.45) is 5.73 Å². The molecule has 0 bridgehead atoms. The van der Waals surface area contributed by atoms with E-state index in [1.54, 1.807) is 24.3 Å². The Morgan fingerprint density at radius 3 is 2.29 bits per heavy atom. The third kappa shape index (κ3) is 4.73. The number of halogens is 1. The zero-order chi connectivity index (χ0) is 12.2. The van der Waals surface area contributed by atoms with Crippen LogP contribution in [-0.2, 0) is 0 Å². The number of ether oxygens (including phenoxy) is 1. The van der Waals surface area contributed by atoms with Gasteiger partial charge in [0.25, 0.3) is 0 Å². The summed E-state index contributed by atoms with van der Waals surface area (Å²) in [7, 11) is 0. The molecular weight excluding hydrogens is 242 g/mol. The van der Waals surface area contributed by atoms with Crippen molar-refractivity contribution in [3.05, 3.63) is 29.8 Å². The Hall–Kier alpha value is -1.10. The fourth-order valence-electron chi connectivity index (χ4n) is 1.23. The first-order chi connectivity index (χ1) is 7.45. The smallest absolute Gasteiger partial charge is 0.193 e.